The number of rotatable bonds is 67. The smallest absolute Gasteiger partial charge is 0.306 e. The van der Waals surface area contributed by atoms with Crippen molar-refractivity contribution in [1.29, 1.82) is 0 Å². The van der Waals surface area contributed by atoms with Crippen molar-refractivity contribution in [3.8, 4) is 0 Å². The Morgan fingerprint density at radius 1 is 0.253 bits per heavy atom. The lowest BCUT2D eigenvalue weighted by Gasteiger charge is -2.18. The Hall–Kier alpha value is -2.11. The number of ether oxygens (including phenoxy) is 3. The van der Waals surface area contributed by atoms with Gasteiger partial charge in [0, 0.05) is 19.3 Å². The molecule has 0 aromatic carbocycles. The zero-order valence-corrected chi connectivity index (χ0v) is 53.7. The average Bonchev–Trinajstić information content (AvgIpc) is 3.45. The zero-order valence-electron chi connectivity index (χ0n) is 53.7. The molecule has 0 aliphatic heterocycles. The fourth-order valence-corrected chi connectivity index (χ4v) is 11.1. The summed E-state index contributed by atoms with van der Waals surface area (Å²) in [6.45, 7) is 6.69. The monoisotopic (exact) mass is 1110 g/mol. The van der Waals surface area contributed by atoms with Gasteiger partial charge < -0.3 is 14.2 Å². The molecule has 0 aliphatic rings. The van der Waals surface area contributed by atoms with Crippen molar-refractivity contribution >= 4 is 17.9 Å². The summed E-state index contributed by atoms with van der Waals surface area (Å²) in [6, 6.07) is 0. The van der Waals surface area contributed by atoms with E-state index in [2.05, 4.69) is 45.1 Å². The SMILES string of the molecule is CCCCC/C=C\C/C=C\CCCCCCCC(=O)OCC(COC(=O)CCCCCCCCCCCCCCCCCCCCCCCCCCCCCC)OC(=O)CCCCCCCCCCCCCCCCCCCC. The third-order valence-electron chi connectivity index (χ3n) is 16.5. The second kappa shape index (κ2) is 68.4. The number of hydrogen-bond acceptors (Lipinski definition) is 6. The van der Waals surface area contributed by atoms with Crippen LogP contribution in [0.4, 0.5) is 0 Å². The molecule has 0 saturated carbocycles. The Bertz CT molecular complexity index is 1270. The van der Waals surface area contributed by atoms with Gasteiger partial charge in [-0.1, -0.05) is 360 Å². The summed E-state index contributed by atoms with van der Waals surface area (Å²) < 4.78 is 17.0. The molecule has 1 atom stereocenters. The first-order valence-electron chi connectivity index (χ1n) is 35.8. The van der Waals surface area contributed by atoms with Gasteiger partial charge in [-0.3, -0.25) is 14.4 Å². The van der Waals surface area contributed by atoms with Crippen LogP contribution in [-0.2, 0) is 28.6 Å². The summed E-state index contributed by atoms with van der Waals surface area (Å²) in [5.41, 5.74) is 0. The van der Waals surface area contributed by atoms with Gasteiger partial charge in [0.15, 0.2) is 6.10 Å². The highest BCUT2D eigenvalue weighted by Gasteiger charge is 2.19. The highest BCUT2D eigenvalue weighted by atomic mass is 16.6. The predicted molar refractivity (Wildman–Crippen MR) is 344 cm³/mol. The van der Waals surface area contributed by atoms with Crippen molar-refractivity contribution in [2.75, 3.05) is 13.2 Å². The van der Waals surface area contributed by atoms with Crippen LogP contribution in [-0.4, -0.2) is 37.2 Å². The maximum Gasteiger partial charge on any atom is 0.306 e. The molecule has 0 aromatic heterocycles. The lowest BCUT2D eigenvalue weighted by atomic mass is 10.0. The summed E-state index contributed by atoms with van der Waals surface area (Å²) in [5, 5.41) is 0. The van der Waals surface area contributed by atoms with Crippen molar-refractivity contribution in [1.82, 2.24) is 0 Å². The summed E-state index contributed by atoms with van der Waals surface area (Å²) in [4.78, 5) is 38.4. The zero-order chi connectivity index (χ0) is 57.1. The van der Waals surface area contributed by atoms with Crippen molar-refractivity contribution in [2.45, 2.75) is 412 Å². The van der Waals surface area contributed by atoms with Gasteiger partial charge in [0.1, 0.15) is 13.2 Å². The Kier molecular flexibility index (Phi) is 66.6. The average molecular weight is 1110 g/mol. The maximum absolute atomic E-state index is 12.9. The minimum absolute atomic E-state index is 0.0692. The Morgan fingerprint density at radius 3 is 0.722 bits per heavy atom. The van der Waals surface area contributed by atoms with Gasteiger partial charge in [-0.25, -0.2) is 0 Å². The van der Waals surface area contributed by atoms with Crippen molar-refractivity contribution in [2.24, 2.45) is 0 Å². The Morgan fingerprint density at radius 2 is 0.456 bits per heavy atom. The van der Waals surface area contributed by atoms with Gasteiger partial charge in [-0.15, -0.1) is 0 Å². The lowest BCUT2D eigenvalue weighted by Crippen LogP contribution is -2.30. The van der Waals surface area contributed by atoms with Gasteiger partial charge in [-0.05, 0) is 51.4 Å². The highest BCUT2D eigenvalue weighted by Crippen LogP contribution is 2.19. The first kappa shape index (κ1) is 76.9. The fraction of sp³-hybridized carbons (Fsp3) is 0.904. The minimum atomic E-state index is -0.774. The normalized spacial score (nSPS) is 12.1. The van der Waals surface area contributed by atoms with E-state index in [4.69, 9.17) is 14.2 Å². The number of hydrogen-bond donors (Lipinski definition) is 0. The van der Waals surface area contributed by atoms with E-state index >= 15 is 0 Å². The van der Waals surface area contributed by atoms with Gasteiger partial charge in [-0.2, -0.15) is 0 Å². The molecule has 0 spiro atoms. The number of esters is 3. The van der Waals surface area contributed by atoms with Crippen molar-refractivity contribution in [3.05, 3.63) is 24.3 Å². The molecule has 6 nitrogen and oxygen atoms in total. The van der Waals surface area contributed by atoms with E-state index in [1.165, 1.54) is 289 Å². The Labute approximate surface area is 493 Å². The number of carbonyl (C=O) groups is 3. The molecule has 0 amide bonds. The molecule has 0 fully saturated rings. The molecule has 0 heterocycles. The van der Waals surface area contributed by atoms with Crippen LogP contribution in [0.25, 0.3) is 0 Å². The van der Waals surface area contributed by atoms with Gasteiger partial charge >= 0.3 is 17.9 Å². The second-order valence-electron chi connectivity index (χ2n) is 24.5. The largest absolute Gasteiger partial charge is 0.462 e. The number of carbonyl (C=O) groups excluding carboxylic acids is 3. The molecule has 1 unspecified atom stereocenters. The molecule has 0 rings (SSSR count). The standard InChI is InChI=1S/C73H138O6/c1-4-7-10-13-16-19-22-25-28-30-32-33-34-35-36-37-38-39-40-41-43-45-48-51-54-57-60-63-66-72(75)78-69-70(68-77-71(74)65-62-59-56-53-50-47-44-27-24-21-18-15-12-9-6-3)79-73(76)67-64-61-58-55-52-49-46-42-31-29-26-23-20-17-14-11-8-5-2/h18,21,27,44,70H,4-17,19-20,22-26,28-43,45-69H2,1-3H3/b21-18-,44-27-. The van der Waals surface area contributed by atoms with Crippen molar-refractivity contribution < 1.29 is 28.6 Å². The summed E-state index contributed by atoms with van der Waals surface area (Å²) in [7, 11) is 0. The van der Waals surface area contributed by atoms with Crippen LogP contribution in [0.1, 0.15) is 406 Å². The quantitative estimate of drug-likeness (QED) is 0.0261. The topological polar surface area (TPSA) is 78.9 Å². The van der Waals surface area contributed by atoms with Crippen LogP contribution in [0.15, 0.2) is 24.3 Å². The maximum atomic E-state index is 12.9. The fourth-order valence-electron chi connectivity index (χ4n) is 11.1. The van der Waals surface area contributed by atoms with Gasteiger partial charge in [0.2, 0.25) is 0 Å². The van der Waals surface area contributed by atoms with E-state index in [0.717, 1.165) is 77.0 Å². The minimum Gasteiger partial charge on any atom is -0.462 e. The summed E-state index contributed by atoms with van der Waals surface area (Å²) >= 11 is 0. The first-order chi connectivity index (χ1) is 39.0. The third-order valence-corrected chi connectivity index (χ3v) is 16.5. The summed E-state index contributed by atoms with van der Waals surface area (Å²) in [6.07, 6.45) is 83.6. The van der Waals surface area contributed by atoms with Crippen LogP contribution in [0.5, 0.6) is 0 Å². The van der Waals surface area contributed by atoms with Crippen LogP contribution in [0.2, 0.25) is 0 Å². The van der Waals surface area contributed by atoms with E-state index in [-0.39, 0.29) is 31.1 Å². The molecule has 0 aliphatic carbocycles. The molecular formula is C73H138O6. The molecule has 0 saturated heterocycles. The molecule has 0 aromatic rings. The van der Waals surface area contributed by atoms with Crippen LogP contribution < -0.4 is 0 Å². The molecule has 466 valence electrons. The Balaban J connectivity index is 4.20. The molecule has 79 heavy (non-hydrogen) atoms. The molecule has 0 radical (unpaired) electrons. The third kappa shape index (κ3) is 66.6. The van der Waals surface area contributed by atoms with E-state index < -0.39 is 6.10 Å². The van der Waals surface area contributed by atoms with E-state index in [1.807, 2.05) is 0 Å². The molecule has 6 heteroatoms. The predicted octanol–water partition coefficient (Wildman–Crippen LogP) is 24.6. The van der Waals surface area contributed by atoms with Crippen molar-refractivity contribution in [3.63, 3.8) is 0 Å². The van der Waals surface area contributed by atoms with E-state index in [9.17, 15) is 14.4 Å². The van der Waals surface area contributed by atoms with E-state index in [1.54, 1.807) is 0 Å². The number of allylic oxidation sites excluding steroid dienone is 4. The molecule has 0 bridgehead atoms. The van der Waals surface area contributed by atoms with Crippen LogP contribution in [0, 0.1) is 0 Å². The summed E-state index contributed by atoms with van der Waals surface area (Å²) in [5.74, 6) is -0.851. The van der Waals surface area contributed by atoms with Crippen LogP contribution in [0.3, 0.4) is 0 Å². The molecular weight excluding hydrogens is 973 g/mol. The lowest BCUT2D eigenvalue weighted by molar-refractivity contribution is -0.167. The van der Waals surface area contributed by atoms with Gasteiger partial charge in [0.25, 0.3) is 0 Å². The molecule has 0 N–H and O–H groups in total. The van der Waals surface area contributed by atoms with E-state index in [0.29, 0.717) is 19.3 Å². The van der Waals surface area contributed by atoms with Gasteiger partial charge in [0.05, 0.1) is 0 Å². The second-order valence-corrected chi connectivity index (χ2v) is 24.5. The highest BCUT2D eigenvalue weighted by molar-refractivity contribution is 5.71. The number of unbranched alkanes of at least 4 members (excludes halogenated alkanes) is 52. The van der Waals surface area contributed by atoms with Crippen LogP contribution >= 0.6 is 0 Å². The first-order valence-corrected chi connectivity index (χ1v) is 35.8.